The average Bonchev–Trinajstić information content (AvgIpc) is 2.68. The summed E-state index contributed by atoms with van der Waals surface area (Å²) in [6, 6.07) is 14.7. The molecular weight excluding hydrogens is 384 g/mol. The maximum absolute atomic E-state index is 12.9. The second kappa shape index (κ2) is 11.0. The van der Waals surface area contributed by atoms with Crippen molar-refractivity contribution < 1.29 is 14.3 Å². The van der Waals surface area contributed by atoms with E-state index in [1.807, 2.05) is 30.3 Å². The van der Waals surface area contributed by atoms with Gasteiger partial charge in [0.15, 0.2) is 0 Å². The first-order chi connectivity index (χ1) is 13.0. The molecule has 27 heavy (non-hydrogen) atoms. The molecule has 0 aliphatic carbocycles. The van der Waals surface area contributed by atoms with Crippen LogP contribution in [-0.2, 0) is 16.1 Å². The SMILES string of the molecule is COCCNC(=O)CSc1ccccc1C(=O)N(C)Cc1ccc(Cl)cc1. The summed E-state index contributed by atoms with van der Waals surface area (Å²) in [5, 5.41) is 3.44. The van der Waals surface area contributed by atoms with Gasteiger partial charge in [-0.2, -0.15) is 0 Å². The molecule has 7 heteroatoms. The van der Waals surface area contributed by atoms with E-state index in [0.717, 1.165) is 10.5 Å². The van der Waals surface area contributed by atoms with Crippen LogP contribution in [0.25, 0.3) is 0 Å². The van der Waals surface area contributed by atoms with Crippen molar-refractivity contribution >= 4 is 35.2 Å². The zero-order valence-electron chi connectivity index (χ0n) is 15.4. The van der Waals surface area contributed by atoms with Gasteiger partial charge in [0.05, 0.1) is 17.9 Å². The molecule has 2 amide bonds. The number of thioether (sulfide) groups is 1. The van der Waals surface area contributed by atoms with Gasteiger partial charge in [-0.15, -0.1) is 11.8 Å². The predicted molar refractivity (Wildman–Crippen MR) is 109 cm³/mol. The third-order valence-electron chi connectivity index (χ3n) is 3.78. The molecule has 0 saturated heterocycles. The van der Waals surface area contributed by atoms with Crippen LogP contribution in [-0.4, -0.2) is 49.8 Å². The second-order valence-electron chi connectivity index (χ2n) is 5.92. The molecule has 0 atom stereocenters. The molecule has 0 saturated carbocycles. The van der Waals surface area contributed by atoms with E-state index in [4.69, 9.17) is 16.3 Å². The van der Waals surface area contributed by atoms with Gasteiger partial charge in [-0.3, -0.25) is 9.59 Å². The Labute approximate surface area is 169 Å². The third kappa shape index (κ3) is 6.90. The number of carbonyl (C=O) groups excluding carboxylic acids is 2. The van der Waals surface area contributed by atoms with Gasteiger partial charge in [-0.25, -0.2) is 0 Å². The molecule has 0 bridgehead atoms. The summed E-state index contributed by atoms with van der Waals surface area (Å²) >= 11 is 7.25. The van der Waals surface area contributed by atoms with Crippen LogP contribution in [0.5, 0.6) is 0 Å². The number of amides is 2. The van der Waals surface area contributed by atoms with Crippen LogP contribution >= 0.6 is 23.4 Å². The largest absolute Gasteiger partial charge is 0.383 e. The Balaban J connectivity index is 1.99. The van der Waals surface area contributed by atoms with Crippen molar-refractivity contribution in [2.75, 3.05) is 33.1 Å². The van der Waals surface area contributed by atoms with Gasteiger partial charge in [0, 0.05) is 37.2 Å². The molecule has 5 nitrogen and oxygen atoms in total. The Bertz CT molecular complexity index is 768. The average molecular weight is 407 g/mol. The summed E-state index contributed by atoms with van der Waals surface area (Å²) in [6.45, 7) is 1.42. The first-order valence-corrected chi connectivity index (χ1v) is 9.85. The van der Waals surface area contributed by atoms with Crippen LogP contribution in [0.4, 0.5) is 0 Å². The fraction of sp³-hybridized carbons (Fsp3) is 0.300. The van der Waals surface area contributed by atoms with Crippen molar-refractivity contribution in [1.82, 2.24) is 10.2 Å². The first-order valence-electron chi connectivity index (χ1n) is 8.48. The minimum Gasteiger partial charge on any atom is -0.383 e. The topological polar surface area (TPSA) is 58.6 Å². The van der Waals surface area contributed by atoms with Crippen LogP contribution in [0.1, 0.15) is 15.9 Å². The lowest BCUT2D eigenvalue weighted by molar-refractivity contribution is -0.118. The molecule has 1 N–H and O–H groups in total. The Morgan fingerprint density at radius 3 is 2.56 bits per heavy atom. The van der Waals surface area contributed by atoms with Crippen LogP contribution < -0.4 is 5.32 Å². The molecule has 0 spiro atoms. The number of rotatable bonds is 9. The van der Waals surface area contributed by atoms with Crippen molar-refractivity contribution in [3.63, 3.8) is 0 Å². The number of nitrogens with zero attached hydrogens (tertiary/aromatic N) is 1. The maximum Gasteiger partial charge on any atom is 0.255 e. The van der Waals surface area contributed by atoms with Gasteiger partial charge >= 0.3 is 0 Å². The molecule has 2 rings (SSSR count). The highest BCUT2D eigenvalue weighted by atomic mass is 35.5. The Morgan fingerprint density at radius 1 is 1.15 bits per heavy atom. The first kappa shape index (κ1) is 21.3. The van der Waals surface area contributed by atoms with Gasteiger partial charge in [-0.1, -0.05) is 35.9 Å². The highest BCUT2D eigenvalue weighted by molar-refractivity contribution is 8.00. The summed E-state index contributed by atoms with van der Waals surface area (Å²) in [6.07, 6.45) is 0. The van der Waals surface area contributed by atoms with E-state index in [2.05, 4.69) is 5.32 Å². The predicted octanol–water partition coefficient (Wildman–Crippen LogP) is 3.47. The minimum atomic E-state index is -0.0900. The zero-order valence-corrected chi connectivity index (χ0v) is 17.0. The lowest BCUT2D eigenvalue weighted by atomic mass is 10.1. The number of ether oxygens (including phenoxy) is 1. The summed E-state index contributed by atoms with van der Waals surface area (Å²) in [5.74, 6) is 0.0659. The fourth-order valence-electron chi connectivity index (χ4n) is 2.40. The molecule has 144 valence electrons. The van der Waals surface area contributed by atoms with E-state index in [1.54, 1.807) is 37.3 Å². The van der Waals surface area contributed by atoms with Crippen molar-refractivity contribution in [1.29, 1.82) is 0 Å². The van der Waals surface area contributed by atoms with E-state index in [1.165, 1.54) is 11.8 Å². The standard InChI is InChI=1S/C20H23ClN2O3S/c1-23(13-15-7-9-16(21)10-8-15)20(25)17-5-3-4-6-18(17)27-14-19(24)22-11-12-26-2/h3-10H,11-14H2,1-2H3,(H,22,24). The molecule has 2 aromatic rings. The number of benzene rings is 2. The van der Waals surface area contributed by atoms with Gasteiger partial charge < -0.3 is 15.0 Å². The fourth-order valence-corrected chi connectivity index (χ4v) is 3.40. The molecular formula is C20H23ClN2O3S. The quantitative estimate of drug-likeness (QED) is 0.511. The van der Waals surface area contributed by atoms with Crippen LogP contribution in [0, 0.1) is 0 Å². The van der Waals surface area contributed by atoms with Gasteiger partial charge in [-0.05, 0) is 29.8 Å². The highest BCUT2D eigenvalue weighted by Crippen LogP contribution is 2.24. The van der Waals surface area contributed by atoms with Crippen molar-refractivity contribution in [3.8, 4) is 0 Å². The van der Waals surface area contributed by atoms with Crippen molar-refractivity contribution in [2.24, 2.45) is 0 Å². The Kier molecular flexibility index (Phi) is 8.64. The number of hydrogen-bond donors (Lipinski definition) is 1. The smallest absolute Gasteiger partial charge is 0.255 e. The van der Waals surface area contributed by atoms with Crippen molar-refractivity contribution in [3.05, 3.63) is 64.7 Å². The van der Waals surface area contributed by atoms with E-state index in [-0.39, 0.29) is 17.6 Å². The van der Waals surface area contributed by atoms with E-state index in [9.17, 15) is 9.59 Å². The molecule has 0 unspecified atom stereocenters. The number of methoxy groups -OCH3 is 1. The van der Waals surface area contributed by atoms with Crippen molar-refractivity contribution in [2.45, 2.75) is 11.4 Å². The molecule has 0 aliphatic rings. The zero-order chi connectivity index (χ0) is 19.6. The second-order valence-corrected chi connectivity index (χ2v) is 7.37. The summed E-state index contributed by atoms with van der Waals surface area (Å²) in [5.41, 5.74) is 1.58. The normalized spacial score (nSPS) is 10.5. The number of nitrogens with one attached hydrogen (secondary N) is 1. The monoisotopic (exact) mass is 406 g/mol. The van der Waals surface area contributed by atoms with E-state index < -0.39 is 0 Å². The lowest BCUT2D eigenvalue weighted by Gasteiger charge is -2.19. The van der Waals surface area contributed by atoms with Gasteiger partial charge in [0.2, 0.25) is 5.91 Å². The minimum absolute atomic E-state index is 0.0891. The number of carbonyl (C=O) groups is 2. The molecule has 2 aromatic carbocycles. The van der Waals surface area contributed by atoms with E-state index in [0.29, 0.717) is 30.3 Å². The summed E-state index contributed by atoms with van der Waals surface area (Å²) in [4.78, 5) is 27.2. The molecule has 0 heterocycles. The van der Waals surface area contributed by atoms with Gasteiger partial charge in [0.25, 0.3) is 5.91 Å². The van der Waals surface area contributed by atoms with Crippen LogP contribution in [0.15, 0.2) is 53.4 Å². The summed E-state index contributed by atoms with van der Waals surface area (Å²) in [7, 11) is 3.35. The van der Waals surface area contributed by atoms with Crippen LogP contribution in [0.2, 0.25) is 5.02 Å². The highest BCUT2D eigenvalue weighted by Gasteiger charge is 2.17. The maximum atomic E-state index is 12.9. The lowest BCUT2D eigenvalue weighted by Crippen LogP contribution is -2.29. The summed E-state index contributed by atoms with van der Waals surface area (Å²) < 4.78 is 4.91. The molecule has 0 aliphatic heterocycles. The van der Waals surface area contributed by atoms with Gasteiger partial charge in [0.1, 0.15) is 0 Å². The number of halogens is 1. The third-order valence-corrected chi connectivity index (χ3v) is 5.11. The molecule has 0 fully saturated rings. The van der Waals surface area contributed by atoms with E-state index >= 15 is 0 Å². The molecule has 0 aromatic heterocycles. The molecule has 0 radical (unpaired) electrons. The Morgan fingerprint density at radius 2 is 1.85 bits per heavy atom. The van der Waals surface area contributed by atoms with Crippen LogP contribution in [0.3, 0.4) is 0 Å². The Hall–Kier alpha value is -2.02. The number of hydrogen-bond acceptors (Lipinski definition) is 4.